The first-order valence-corrected chi connectivity index (χ1v) is 5.17. The van der Waals surface area contributed by atoms with Crippen molar-refractivity contribution < 1.29 is 26.1 Å². The molecule has 18 heavy (non-hydrogen) atoms. The van der Waals surface area contributed by atoms with Crippen LogP contribution in [0.25, 0.3) is 0 Å². The van der Waals surface area contributed by atoms with Gasteiger partial charge in [0.25, 0.3) is 0 Å². The topological polar surface area (TPSA) is 9.23 Å². The molecule has 0 radical (unpaired) electrons. The second kappa shape index (κ2) is 8.75. The first-order chi connectivity index (χ1) is 7.75. The Hall–Kier alpha value is -0.294. The molecule has 0 bridgehead atoms. The van der Waals surface area contributed by atoms with E-state index >= 15 is 0 Å². The molecule has 0 amide bonds. The summed E-state index contributed by atoms with van der Waals surface area (Å²) < 4.78 is 18.5. The number of ether oxygens (including phenoxy) is 1. The fraction of sp³-hybridized carbons (Fsp3) is 0.0769. The van der Waals surface area contributed by atoms with Crippen molar-refractivity contribution in [2.75, 3.05) is 0 Å². The Morgan fingerprint density at radius 1 is 1.22 bits per heavy atom. The third kappa shape index (κ3) is 5.14. The van der Waals surface area contributed by atoms with Gasteiger partial charge in [-0.2, -0.15) is 18.2 Å². The molecule has 2 aromatic carbocycles. The van der Waals surface area contributed by atoms with E-state index in [1.807, 2.05) is 12.1 Å². The van der Waals surface area contributed by atoms with Crippen molar-refractivity contribution in [3.8, 4) is 5.75 Å². The summed E-state index contributed by atoms with van der Waals surface area (Å²) in [5.41, 5.74) is 0.735. The van der Waals surface area contributed by atoms with Gasteiger partial charge in [0.05, 0.1) is 5.02 Å². The largest absolute Gasteiger partial charge is 2.00 e. The summed E-state index contributed by atoms with van der Waals surface area (Å²) in [5.74, 6) is 0.206. The van der Waals surface area contributed by atoms with Gasteiger partial charge in [-0.25, -0.2) is 4.39 Å². The van der Waals surface area contributed by atoms with Crippen LogP contribution in [0, 0.1) is 11.9 Å². The Bertz CT molecular complexity index is 482. The Morgan fingerprint density at radius 2 is 2.00 bits per heavy atom. The van der Waals surface area contributed by atoms with Crippen molar-refractivity contribution in [3.05, 3.63) is 64.9 Å². The molecule has 0 N–H and O–H groups in total. The normalized spacial score (nSPS) is 9.00. The smallest absolute Gasteiger partial charge is 1.00 e. The number of benzene rings is 2. The van der Waals surface area contributed by atoms with Crippen molar-refractivity contribution >= 4 is 34.7 Å². The van der Waals surface area contributed by atoms with E-state index in [9.17, 15) is 4.39 Å². The zero-order chi connectivity index (χ0) is 11.4. The Balaban J connectivity index is 0.00000144. The zero-order valence-electron chi connectivity index (χ0n) is 9.50. The molecule has 0 saturated heterocycles. The number of hydrogen-bond donors (Lipinski definition) is 0. The van der Waals surface area contributed by atoms with Crippen LogP contribution in [0.1, 0.15) is 5.56 Å². The van der Waals surface area contributed by atoms with Crippen molar-refractivity contribution in [1.29, 1.82) is 0 Å². The molecule has 0 unspecified atom stereocenters. The van der Waals surface area contributed by atoms with Crippen LogP contribution in [0.4, 0.5) is 4.39 Å². The van der Waals surface area contributed by atoms with Crippen LogP contribution >= 0.6 is 11.6 Å². The minimum absolute atomic E-state index is 0. The maximum atomic E-state index is 13.1. The van der Waals surface area contributed by atoms with E-state index < -0.39 is 5.82 Å². The van der Waals surface area contributed by atoms with Gasteiger partial charge in [0.2, 0.25) is 0 Å². The molecule has 2 aromatic rings. The van der Waals surface area contributed by atoms with E-state index in [-0.39, 0.29) is 45.1 Å². The van der Waals surface area contributed by atoms with Crippen LogP contribution in [0.5, 0.6) is 5.75 Å². The fourth-order valence-electron chi connectivity index (χ4n) is 1.26. The maximum absolute atomic E-state index is 13.1. The molecular weight excluding hydrogens is 331 g/mol. The minimum Gasteiger partial charge on any atom is -1.00 e. The fourth-order valence-corrected chi connectivity index (χ4v) is 1.37. The molecule has 90 valence electrons. The molecule has 0 fully saturated rings. The quantitative estimate of drug-likeness (QED) is 0.584. The van der Waals surface area contributed by atoms with E-state index in [0.717, 1.165) is 5.56 Å². The van der Waals surface area contributed by atoms with Crippen molar-refractivity contribution in [3.63, 3.8) is 0 Å². The van der Waals surface area contributed by atoms with Crippen LogP contribution in [0.15, 0.2) is 42.5 Å². The molecule has 1 nitrogen and oxygen atoms in total. The maximum Gasteiger partial charge on any atom is 2.00 e. The second-order valence-corrected chi connectivity index (χ2v) is 3.67. The van der Waals surface area contributed by atoms with Gasteiger partial charge in [-0.05, 0) is 17.7 Å². The molecular formula is C13H9BrClFMgO. The Labute approximate surface area is 137 Å². The zero-order valence-corrected chi connectivity index (χ0v) is 13.3. The molecule has 0 saturated carbocycles. The molecule has 0 aliphatic rings. The van der Waals surface area contributed by atoms with Crippen LogP contribution < -0.4 is 21.7 Å². The molecule has 0 aliphatic carbocycles. The monoisotopic (exact) mass is 338 g/mol. The van der Waals surface area contributed by atoms with E-state index in [1.165, 1.54) is 12.1 Å². The van der Waals surface area contributed by atoms with E-state index in [0.29, 0.717) is 12.4 Å². The van der Waals surface area contributed by atoms with Gasteiger partial charge in [0, 0.05) is 5.75 Å². The molecule has 0 atom stereocenters. The first kappa shape index (κ1) is 17.7. The van der Waals surface area contributed by atoms with Gasteiger partial charge < -0.3 is 21.7 Å². The van der Waals surface area contributed by atoms with Crippen LogP contribution in [-0.2, 0) is 6.61 Å². The van der Waals surface area contributed by atoms with Crippen molar-refractivity contribution in [2.45, 2.75) is 6.61 Å². The average molecular weight is 340 g/mol. The van der Waals surface area contributed by atoms with Gasteiger partial charge in [-0.15, -0.1) is 12.1 Å². The number of para-hydroxylation sites is 1. The summed E-state index contributed by atoms with van der Waals surface area (Å²) >= 11 is 5.58. The van der Waals surface area contributed by atoms with Gasteiger partial charge in [0.1, 0.15) is 12.4 Å². The average Bonchev–Trinajstić information content (AvgIpc) is 2.32. The summed E-state index contributed by atoms with van der Waals surface area (Å²) in [6, 6.07) is 14.8. The third-order valence-corrected chi connectivity index (χ3v) is 2.37. The van der Waals surface area contributed by atoms with Crippen molar-refractivity contribution in [2.24, 2.45) is 0 Å². The van der Waals surface area contributed by atoms with Gasteiger partial charge >= 0.3 is 23.1 Å². The number of hydrogen-bond acceptors (Lipinski definition) is 1. The minimum atomic E-state index is -0.431. The van der Waals surface area contributed by atoms with Gasteiger partial charge in [0.15, 0.2) is 0 Å². The van der Waals surface area contributed by atoms with E-state index in [4.69, 9.17) is 16.3 Å². The molecule has 0 aromatic heterocycles. The number of halogens is 3. The second-order valence-electron chi connectivity index (χ2n) is 3.26. The number of rotatable bonds is 3. The van der Waals surface area contributed by atoms with E-state index in [2.05, 4.69) is 6.07 Å². The SMILES string of the molecule is Fc1cc(COc2[c-]cccc2)ccc1Cl.[Br-].[Mg+2]. The molecule has 0 aliphatic heterocycles. The Morgan fingerprint density at radius 3 is 2.61 bits per heavy atom. The third-order valence-electron chi connectivity index (χ3n) is 2.06. The standard InChI is InChI=1S/C13H9ClFO.BrH.Mg/c14-12-7-6-10(8-13(12)15)9-16-11-4-2-1-3-5-11;;/h1-4,6-8H,9H2;1H;/q-1;;+2/p-1. The Kier molecular flexibility index (Phi) is 8.60. The van der Waals surface area contributed by atoms with Crippen LogP contribution in [0.3, 0.4) is 0 Å². The van der Waals surface area contributed by atoms with Crippen LogP contribution in [0.2, 0.25) is 5.02 Å². The van der Waals surface area contributed by atoms with Gasteiger partial charge in [-0.1, -0.05) is 17.7 Å². The van der Waals surface area contributed by atoms with Crippen LogP contribution in [-0.4, -0.2) is 23.1 Å². The molecule has 5 heteroatoms. The molecule has 0 heterocycles. The summed E-state index contributed by atoms with van der Waals surface area (Å²) in [5, 5.41) is 0.120. The molecule has 0 spiro atoms. The summed E-state index contributed by atoms with van der Waals surface area (Å²) in [6.07, 6.45) is 0. The molecule has 2 rings (SSSR count). The first-order valence-electron chi connectivity index (χ1n) is 4.79. The van der Waals surface area contributed by atoms with Crippen molar-refractivity contribution in [1.82, 2.24) is 0 Å². The summed E-state index contributed by atoms with van der Waals surface area (Å²) in [6.45, 7) is 0.300. The van der Waals surface area contributed by atoms with Gasteiger partial charge in [-0.3, -0.25) is 0 Å². The van der Waals surface area contributed by atoms with E-state index in [1.54, 1.807) is 18.2 Å². The predicted molar refractivity (Wildman–Crippen MR) is 66.8 cm³/mol. The summed E-state index contributed by atoms with van der Waals surface area (Å²) in [7, 11) is 0. The summed E-state index contributed by atoms with van der Waals surface area (Å²) in [4.78, 5) is 0. The predicted octanol–water partition coefficient (Wildman–Crippen LogP) is 0.481.